The van der Waals surface area contributed by atoms with Crippen LogP contribution in [0.15, 0.2) is 54.7 Å². The quantitative estimate of drug-likeness (QED) is 0.405. The number of hydrogen-bond donors (Lipinski definition) is 2. The molecule has 0 saturated carbocycles. The van der Waals surface area contributed by atoms with Crippen molar-refractivity contribution in [2.75, 3.05) is 0 Å². The number of hydroxylamine groups is 1. The lowest BCUT2D eigenvalue weighted by atomic mass is 10.0. The lowest BCUT2D eigenvalue weighted by Gasteiger charge is -2.21. The first-order chi connectivity index (χ1) is 16.2. The van der Waals surface area contributed by atoms with E-state index in [-0.39, 0.29) is 6.61 Å². The van der Waals surface area contributed by atoms with E-state index in [1.807, 2.05) is 12.1 Å². The van der Waals surface area contributed by atoms with Crippen LogP contribution in [0.2, 0.25) is 0 Å². The van der Waals surface area contributed by atoms with Crippen LogP contribution in [-0.2, 0) is 27.5 Å². The molecule has 0 bridgehead atoms. The molecule has 0 fully saturated rings. The molecule has 1 unspecified atom stereocenters. The lowest BCUT2D eigenvalue weighted by Crippen LogP contribution is -2.46. The van der Waals surface area contributed by atoms with Crippen molar-refractivity contribution < 1.29 is 19.2 Å². The third kappa shape index (κ3) is 6.84. The molecule has 0 aliphatic heterocycles. The minimum atomic E-state index is -0.796. The number of unbranched alkanes of at least 4 members (excludes halogenated alkanes) is 1. The van der Waals surface area contributed by atoms with Crippen LogP contribution in [0.4, 0.5) is 4.79 Å². The summed E-state index contributed by atoms with van der Waals surface area (Å²) in [5, 5.41) is 3.71. The molecule has 34 heavy (non-hydrogen) atoms. The number of benzene rings is 2. The third-order valence-corrected chi connectivity index (χ3v) is 5.32. The van der Waals surface area contributed by atoms with E-state index in [9.17, 15) is 9.59 Å². The molecule has 7 heteroatoms. The Morgan fingerprint density at radius 2 is 1.85 bits per heavy atom. The molecule has 3 rings (SSSR count). The summed E-state index contributed by atoms with van der Waals surface area (Å²) >= 11 is 0. The Bertz CT molecular complexity index is 1130. The summed E-state index contributed by atoms with van der Waals surface area (Å²) in [6.45, 7) is 10.2. The van der Waals surface area contributed by atoms with Gasteiger partial charge in [0.2, 0.25) is 0 Å². The number of amides is 2. The van der Waals surface area contributed by atoms with Gasteiger partial charge in [-0.2, -0.15) is 0 Å². The Labute approximate surface area is 201 Å². The molecule has 1 atom stereocenters. The van der Waals surface area contributed by atoms with E-state index in [0.717, 1.165) is 30.5 Å². The lowest BCUT2D eigenvalue weighted by molar-refractivity contribution is -0.136. The SMILES string of the molecule is CCCCn1cc(-c2cccc(CONC(=O)C(C)NC(=O)OC(C)(C)C)c2)c2ccccc21. The molecule has 182 valence electrons. The number of para-hydroxylation sites is 1. The number of rotatable bonds is 9. The molecule has 0 aliphatic carbocycles. The number of aryl methyl sites for hydroxylation is 1. The molecule has 2 aromatic carbocycles. The highest BCUT2D eigenvalue weighted by atomic mass is 16.7. The average Bonchev–Trinajstić information content (AvgIpc) is 3.15. The van der Waals surface area contributed by atoms with E-state index in [0.29, 0.717) is 0 Å². The summed E-state index contributed by atoms with van der Waals surface area (Å²) in [5.74, 6) is -0.457. The van der Waals surface area contributed by atoms with Crippen LogP contribution in [0.1, 0.15) is 53.0 Å². The molecular formula is C27H35N3O4. The van der Waals surface area contributed by atoms with Crippen molar-refractivity contribution in [1.82, 2.24) is 15.4 Å². The number of hydrogen-bond acceptors (Lipinski definition) is 4. The Kier molecular flexibility index (Phi) is 8.34. The predicted molar refractivity (Wildman–Crippen MR) is 134 cm³/mol. The van der Waals surface area contributed by atoms with Gasteiger partial charge in [-0.3, -0.25) is 9.63 Å². The standard InChI is InChI=1S/C27H35N3O4/c1-6-7-15-30-17-23(22-13-8-9-14-24(22)30)21-12-10-11-20(16-21)18-33-29-25(31)19(2)28-26(32)34-27(3,4)5/h8-14,16-17,19H,6-7,15,18H2,1-5H3,(H,28,32)(H,29,31). The highest BCUT2D eigenvalue weighted by molar-refractivity contribution is 5.96. The molecule has 7 nitrogen and oxygen atoms in total. The summed E-state index contributed by atoms with van der Waals surface area (Å²) in [6.07, 6.45) is 3.84. The van der Waals surface area contributed by atoms with Crippen LogP contribution >= 0.6 is 0 Å². The molecule has 1 heterocycles. The maximum absolute atomic E-state index is 12.2. The van der Waals surface area contributed by atoms with Crippen molar-refractivity contribution in [3.05, 3.63) is 60.3 Å². The first kappa shape index (κ1) is 25.3. The summed E-state index contributed by atoms with van der Waals surface area (Å²) < 4.78 is 7.48. The van der Waals surface area contributed by atoms with Gasteiger partial charge in [0.15, 0.2) is 0 Å². The number of carbonyl (C=O) groups excluding carboxylic acids is 2. The molecule has 0 spiro atoms. The largest absolute Gasteiger partial charge is 0.444 e. The fourth-order valence-corrected chi connectivity index (χ4v) is 3.65. The van der Waals surface area contributed by atoms with Crippen molar-refractivity contribution in [1.29, 1.82) is 0 Å². The third-order valence-electron chi connectivity index (χ3n) is 5.32. The number of carbonyl (C=O) groups is 2. The van der Waals surface area contributed by atoms with Gasteiger partial charge in [0.25, 0.3) is 5.91 Å². The second-order valence-corrected chi connectivity index (χ2v) is 9.43. The van der Waals surface area contributed by atoms with Gasteiger partial charge in [-0.15, -0.1) is 0 Å². The topological polar surface area (TPSA) is 81.6 Å². The minimum Gasteiger partial charge on any atom is -0.444 e. The minimum absolute atomic E-state index is 0.202. The Hall–Kier alpha value is -3.32. The molecule has 1 aromatic heterocycles. The van der Waals surface area contributed by atoms with E-state index in [1.165, 1.54) is 16.5 Å². The second kappa shape index (κ2) is 11.2. The average molecular weight is 466 g/mol. The fraction of sp³-hybridized carbons (Fsp3) is 0.407. The van der Waals surface area contributed by atoms with Crippen LogP contribution in [-0.4, -0.2) is 28.2 Å². The van der Waals surface area contributed by atoms with Gasteiger partial charge >= 0.3 is 6.09 Å². The maximum atomic E-state index is 12.2. The van der Waals surface area contributed by atoms with E-state index >= 15 is 0 Å². The number of aromatic nitrogens is 1. The van der Waals surface area contributed by atoms with Gasteiger partial charge in [0.05, 0.1) is 6.61 Å². The number of ether oxygens (including phenoxy) is 1. The van der Waals surface area contributed by atoms with Gasteiger partial charge in [-0.25, -0.2) is 10.3 Å². The molecule has 0 saturated heterocycles. The van der Waals surface area contributed by atoms with E-state index < -0.39 is 23.6 Å². The fourth-order valence-electron chi connectivity index (χ4n) is 3.65. The number of fused-ring (bicyclic) bond motifs is 1. The molecule has 0 radical (unpaired) electrons. The number of alkyl carbamates (subject to hydrolysis) is 1. The summed E-state index contributed by atoms with van der Waals surface area (Å²) in [4.78, 5) is 29.5. The molecule has 2 N–H and O–H groups in total. The molecular weight excluding hydrogens is 430 g/mol. The van der Waals surface area contributed by atoms with Gasteiger partial charge in [-0.05, 0) is 57.4 Å². The van der Waals surface area contributed by atoms with Crippen LogP contribution < -0.4 is 10.8 Å². The zero-order valence-corrected chi connectivity index (χ0v) is 20.7. The van der Waals surface area contributed by atoms with Gasteiger partial charge in [0, 0.05) is 29.2 Å². The van der Waals surface area contributed by atoms with Crippen molar-refractivity contribution in [2.45, 2.75) is 72.3 Å². The number of nitrogens with one attached hydrogen (secondary N) is 2. The highest BCUT2D eigenvalue weighted by Crippen LogP contribution is 2.31. The molecule has 0 aliphatic rings. The van der Waals surface area contributed by atoms with E-state index in [2.05, 4.69) is 64.9 Å². The zero-order valence-electron chi connectivity index (χ0n) is 20.7. The van der Waals surface area contributed by atoms with Gasteiger partial charge in [-0.1, -0.05) is 49.7 Å². The van der Waals surface area contributed by atoms with Gasteiger partial charge < -0.3 is 14.6 Å². The number of nitrogens with zero attached hydrogens (tertiary/aromatic N) is 1. The predicted octanol–water partition coefficient (Wildman–Crippen LogP) is 5.57. The van der Waals surface area contributed by atoms with Crippen LogP contribution in [0, 0.1) is 0 Å². The van der Waals surface area contributed by atoms with Crippen LogP contribution in [0.3, 0.4) is 0 Å². The normalized spacial score (nSPS) is 12.4. The monoisotopic (exact) mass is 465 g/mol. The van der Waals surface area contributed by atoms with Crippen molar-refractivity contribution >= 4 is 22.9 Å². The van der Waals surface area contributed by atoms with Crippen molar-refractivity contribution in [3.63, 3.8) is 0 Å². The summed E-state index contributed by atoms with van der Waals surface area (Å²) in [5.41, 5.74) is 6.19. The zero-order chi connectivity index (χ0) is 24.7. The van der Waals surface area contributed by atoms with Crippen LogP contribution in [0.5, 0.6) is 0 Å². The van der Waals surface area contributed by atoms with Crippen molar-refractivity contribution in [2.24, 2.45) is 0 Å². The second-order valence-electron chi connectivity index (χ2n) is 9.43. The highest BCUT2D eigenvalue weighted by Gasteiger charge is 2.21. The van der Waals surface area contributed by atoms with E-state index in [4.69, 9.17) is 9.57 Å². The van der Waals surface area contributed by atoms with Crippen LogP contribution in [0.25, 0.3) is 22.0 Å². The van der Waals surface area contributed by atoms with Crippen molar-refractivity contribution in [3.8, 4) is 11.1 Å². The first-order valence-electron chi connectivity index (χ1n) is 11.8. The smallest absolute Gasteiger partial charge is 0.408 e. The maximum Gasteiger partial charge on any atom is 0.408 e. The van der Waals surface area contributed by atoms with E-state index in [1.54, 1.807) is 27.7 Å². The molecule has 2 amide bonds. The summed E-state index contributed by atoms with van der Waals surface area (Å²) in [7, 11) is 0. The summed E-state index contributed by atoms with van der Waals surface area (Å²) in [6, 6.07) is 15.7. The first-order valence-corrected chi connectivity index (χ1v) is 11.8. The van der Waals surface area contributed by atoms with Gasteiger partial charge in [0.1, 0.15) is 11.6 Å². The Morgan fingerprint density at radius 1 is 1.09 bits per heavy atom. The molecule has 3 aromatic rings. The Balaban J connectivity index is 1.62. The Morgan fingerprint density at radius 3 is 2.59 bits per heavy atom.